The molecular weight excluding hydrogens is 226 g/mol. The Bertz CT molecular complexity index is 401. The third-order valence-corrected chi connectivity index (χ3v) is 3.97. The lowest BCUT2D eigenvalue weighted by molar-refractivity contribution is 0.347. The summed E-state index contributed by atoms with van der Waals surface area (Å²) >= 11 is 0. The van der Waals surface area contributed by atoms with Crippen LogP contribution < -0.4 is 14.8 Å². The van der Waals surface area contributed by atoms with Gasteiger partial charge in [-0.25, -0.2) is 0 Å². The third kappa shape index (κ3) is 2.61. The highest BCUT2D eigenvalue weighted by atomic mass is 16.5. The Morgan fingerprint density at radius 1 is 1.17 bits per heavy atom. The predicted octanol–water partition coefficient (Wildman–Crippen LogP) is 3.01. The Kier molecular flexibility index (Phi) is 4.12. The Morgan fingerprint density at radius 3 is 2.33 bits per heavy atom. The Balaban J connectivity index is 2.24. The molecule has 0 heterocycles. The van der Waals surface area contributed by atoms with Gasteiger partial charge in [0.15, 0.2) is 11.5 Å². The minimum absolute atomic E-state index is 0.386. The van der Waals surface area contributed by atoms with E-state index in [4.69, 9.17) is 9.47 Å². The molecule has 1 aliphatic rings. The fourth-order valence-corrected chi connectivity index (χ4v) is 2.67. The lowest BCUT2D eigenvalue weighted by Gasteiger charge is -2.24. The quantitative estimate of drug-likeness (QED) is 0.840. The smallest absolute Gasteiger partial charge is 0.161 e. The highest BCUT2D eigenvalue weighted by molar-refractivity contribution is 5.44. The first-order valence-electron chi connectivity index (χ1n) is 6.60. The van der Waals surface area contributed by atoms with E-state index >= 15 is 0 Å². The molecule has 1 aromatic carbocycles. The topological polar surface area (TPSA) is 30.5 Å². The minimum Gasteiger partial charge on any atom is -0.493 e. The zero-order valence-electron chi connectivity index (χ0n) is 11.7. The van der Waals surface area contributed by atoms with Crippen LogP contribution in [0.25, 0.3) is 0 Å². The molecule has 2 unspecified atom stereocenters. The number of rotatable bonds is 6. The van der Waals surface area contributed by atoms with Crippen molar-refractivity contribution in [1.82, 2.24) is 5.32 Å². The van der Waals surface area contributed by atoms with Gasteiger partial charge >= 0.3 is 0 Å². The molecule has 1 saturated carbocycles. The maximum Gasteiger partial charge on any atom is 0.161 e. The molecule has 2 rings (SSSR count). The van der Waals surface area contributed by atoms with Crippen molar-refractivity contribution in [2.75, 3.05) is 21.3 Å². The van der Waals surface area contributed by atoms with E-state index in [0.29, 0.717) is 12.0 Å². The largest absolute Gasteiger partial charge is 0.493 e. The van der Waals surface area contributed by atoms with Crippen molar-refractivity contribution in [2.45, 2.75) is 25.8 Å². The van der Waals surface area contributed by atoms with Gasteiger partial charge in [-0.05, 0) is 49.4 Å². The third-order valence-electron chi connectivity index (χ3n) is 3.97. The molecule has 0 radical (unpaired) electrons. The van der Waals surface area contributed by atoms with Crippen molar-refractivity contribution < 1.29 is 9.47 Å². The molecule has 0 saturated heterocycles. The molecule has 1 N–H and O–H groups in total. The minimum atomic E-state index is 0.386. The van der Waals surface area contributed by atoms with Gasteiger partial charge in [0.25, 0.3) is 0 Å². The zero-order chi connectivity index (χ0) is 13.1. The van der Waals surface area contributed by atoms with E-state index in [2.05, 4.69) is 24.4 Å². The van der Waals surface area contributed by atoms with Crippen molar-refractivity contribution >= 4 is 0 Å². The maximum absolute atomic E-state index is 5.37. The standard InChI is InChI=1S/C15H23NO2/c1-10(11-5-6-11)15(16-2)12-7-8-13(17-3)14(9-12)18-4/h7-11,15-16H,5-6H2,1-4H3. The second-order valence-corrected chi connectivity index (χ2v) is 5.08. The van der Waals surface area contributed by atoms with Crippen LogP contribution in [0.15, 0.2) is 18.2 Å². The molecule has 2 atom stereocenters. The normalized spacial score (nSPS) is 18.2. The lowest BCUT2D eigenvalue weighted by Crippen LogP contribution is -2.24. The van der Waals surface area contributed by atoms with E-state index < -0.39 is 0 Å². The van der Waals surface area contributed by atoms with E-state index in [1.54, 1.807) is 14.2 Å². The van der Waals surface area contributed by atoms with Crippen LogP contribution >= 0.6 is 0 Å². The average Bonchev–Trinajstić information content (AvgIpc) is 3.23. The molecule has 0 amide bonds. The summed E-state index contributed by atoms with van der Waals surface area (Å²) in [5, 5.41) is 3.43. The fraction of sp³-hybridized carbons (Fsp3) is 0.600. The maximum atomic E-state index is 5.37. The van der Waals surface area contributed by atoms with Crippen molar-refractivity contribution in [3.8, 4) is 11.5 Å². The summed E-state index contributed by atoms with van der Waals surface area (Å²) in [4.78, 5) is 0. The van der Waals surface area contributed by atoms with Crippen molar-refractivity contribution in [2.24, 2.45) is 11.8 Å². The molecular formula is C15H23NO2. The fourth-order valence-electron chi connectivity index (χ4n) is 2.67. The average molecular weight is 249 g/mol. The van der Waals surface area contributed by atoms with E-state index in [0.717, 1.165) is 17.4 Å². The molecule has 3 heteroatoms. The van der Waals surface area contributed by atoms with Crippen LogP contribution in [0, 0.1) is 11.8 Å². The number of ether oxygens (including phenoxy) is 2. The summed E-state index contributed by atoms with van der Waals surface area (Å²) in [5.41, 5.74) is 1.27. The van der Waals surface area contributed by atoms with E-state index in [1.807, 2.05) is 13.1 Å². The molecule has 0 aliphatic heterocycles. The van der Waals surface area contributed by atoms with E-state index in [-0.39, 0.29) is 0 Å². The monoisotopic (exact) mass is 249 g/mol. The first-order chi connectivity index (χ1) is 8.71. The molecule has 0 bridgehead atoms. The second-order valence-electron chi connectivity index (χ2n) is 5.08. The molecule has 3 nitrogen and oxygen atoms in total. The van der Waals surface area contributed by atoms with Crippen LogP contribution in [0.5, 0.6) is 11.5 Å². The molecule has 1 aliphatic carbocycles. The summed E-state index contributed by atoms with van der Waals surface area (Å²) in [6.45, 7) is 2.33. The summed E-state index contributed by atoms with van der Waals surface area (Å²) < 4.78 is 10.7. The SMILES string of the molecule is CNC(c1ccc(OC)c(OC)c1)C(C)C1CC1. The summed E-state index contributed by atoms with van der Waals surface area (Å²) in [6.07, 6.45) is 2.74. The Labute approximate surface area is 109 Å². The Hall–Kier alpha value is -1.22. The molecule has 1 aromatic rings. The van der Waals surface area contributed by atoms with Gasteiger partial charge in [0.05, 0.1) is 14.2 Å². The van der Waals surface area contributed by atoms with Gasteiger partial charge in [0, 0.05) is 6.04 Å². The van der Waals surface area contributed by atoms with Gasteiger partial charge in [-0.3, -0.25) is 0 Å². The second kappa shape index (κ2) is 5.61. The van der Waals surface area contributed by atoms with Crippen LogP contribution in [0.2, 0.25) is 0 Å². The summed E-state index contributed by atoms with van der Waals surface area (Å²) in [7, 11) is 5.38. The molecule has 100 valence electrons. The van der Waals surface area contributed by atoms with Crippen molar-refractivity contribution in [3.05, 3.63) is 23.8 Å². The van der Waals surface area contributed by atoms with Gasteiger partial charge in [-0.2, -0.15) is 0 Å². The van der Waals surface area contributed by atoms with Gasteiger partial charge < -0.3 is 14.8 Å². The first-order valence-corrected chi connectivity index (χ1v) is 6.60. The number of nitrogens with one attached hydrogen (secondary N) is 1. The van der Waals surface area contributed by atoms with E-state index in [9.17, 15) is 0 Å². The highest BCUT2D eigenvalue weighted by Gasteiger charge is 2.33. The van der Waals surface area contributed by atoms with Crippen LogP contribution in [0.1, 0.15) is 31.4 Å². The van der Waals surface area contributed by atoms with Gasteiger partial charge in [0.2, 0.25) is 0 Å². The van der Waals surface area contributed by atoms with Crippen LogP contribution in [-0.2, 0) is 0 Å². The van der Waals surface area contributed by atoms with E-state index in [1.165, 1.54) is 18.4 Å². The number of methoxy groups -OCH3 is 2. The lowest BCUT2D eigenvalue weighted by atomic mass is 9.90. The number of hydrogen-bond donors (Lipinski definition) is 1. The summed E-state index contributed by atoms with van der Waals surface area (Å²) in [6, 6.07) is 6.58. The van der Waals surface area contributed by atoms with Crippen molar-refractivity contribution in [3.63, 3.8) is 0 Å². The zero-order valence-corrected chi connectivity index (χ0v) is 11.7. The number of benzene rings is 1. The first kappa shape index (κ1) is 13.2. The van der Waals surface area contributed by atoms with Crippen LogP contribution in [0.3, 0.4) is 0 Å². The van der Waals surface area contributed by atoms with Crippen molar-refractivity contribution in [1.29, 1.82) is 0 Å². The Morgan fingerprint density at radius 2 is 1.83 bits per heavy atom. The van der Waals surface area contributed by atoms with Gasteiger partial charge in [-0.15, -0.1) is 0 Å². The molecule has 18 heavy (non-hydrogen) atoms. The van der Waals surface area contributed by atoms with Crippen LogP contribution in [-0.4, -0.2) is 21.3 Å². The highest BCUT2D eigenvalue weighted by Crippen LogP contribution is 2.43. The van der Waals surface area contributed by atoms with Gasteiger partial charge in [0.1, 0.15) is 0 Å². The molecule has 0 spiro atoms. The van der Waals surface area contributed by atoms with Crippen LogP contribution in [0.4, 0.5) is 0 Å². The number of hydrogen-bond acceptors (Lipinski definition) is 3. The van der Waals surface area contributed by atoms with Gasteiger partial charge in [-0.1, -0.05) is 13.0 Å². The summed E-state index contributed by atoms with van der Waals surface area (Å²) in [5.74, 6) is 3.12. The molecule has 0 aromatic heterocycles. The molecule has 1 fully saturated rings. The predicted molar refractivity (Wildman–Crippen MR) is 73.2 cm³/mol.